The number of aryl methyl sites for hydroxylation is 1. The molecule has 27 heavy (non-hydrogen) atoms. The summed E-state index contributed by atoms with van der Waals surface area (Å²) in [6, 6.07) is 17.1. The quantitative estimate of drug-likeness (QED) is 0.728. The Bertz CT molecular complexity index is 779. The van der Waals surface area contributed by atoms with Crippen LogP contribution in [0.3, 0.4) is 0 Å². The molecule has 1 saturated heterocycles. The molecule has 0 saturated carbocycles. The van der Waals surface area contributed by atoms with Crippen LogP contribution in [0.1, 0.15) is 26.3 Å². The van der Waals surface area contributed by atoms with Crippen LogP contribution in [0, 0.1) is 6.92 Å². The molecule has 5 heteroatoms. The van der Waals surface area contributed by atoms with Gasteiger partial charge in [-0.2, -0.15) is 0 Å². The van der Waals surface area contributed by atoms with E-state index in [-0.39, 0.29) is 6.09 Å². The molecule has 0 bridgehead atoms. The van der Waals surface area contributed by atoms with Gasteiger partial charge in [0.25, 0.3) is 0 Å². The predicted molar refractivity (Wildman–Crippen MR) is 112 cm³/mol. The molecular weight excluding hydrogens is 356 g/mol. The summed E-state index contributed by atoms with van der Waals surface area (Å²) >= 11 is 1.79. The lowest BCUT2D eigenvalue weighted by Crippen LogP contribution is -2.50. The molecule has 2 aromatic carbocycles. The maximum atomic E-state index is 12.2. The Balaban J connectivity index is 1.60. The number of benzene rings is 2. The SMILES string of the molecule is Cc1cc(N2CCN(C(=O)OC(C)(C)C)CC2)ccc1Sc1ccccc1. The van der Waals surface area contributed by atoms with Gasteiger partial charge in [-0.25, -0.2) is 4.79 Å². The topological polar surface area (TPSA) is 32.8 Å². The lowest BCUT2D eigenvalue weighted by atomic mass is 10.2. The summed E-state index contributed by atoms with van der Waals surface area (Å²) in [6.07, 6.45) is -0.215. The van der Waals surface area contributed by atoms with Crippen molar-refractivity contribution in [1.82, 2.24) is 4.90 Å². The zero-order valence-corrected chi connectivity index (χ0v) is 17.4. The number of amides is 1. The lowest BCUT2D eigenvalue weighted by Gasteiger charge is -2.37. The molecule has 0 atom stereocenters. The molecule has 0 unspecified atom stereocenters. The molecule has 0 spiro atoms. The largest absolute Gasteiger partial charge is 0.444 e. The van der Waals surface area contributed by atoms with Crippen molar-refractivity contribution in [3.05, 3.63) is 54.1 Å². The van der Waals surface area contributed by atoms with Crippen LogP contribution in [0.25, 0.3) is 0 Å². The summed E-state index contributed by atoms with van der Waals surface area (Å²) in [5, 5.41) is 0. The third-order valence-electron chi connectivity index (χ3n) is 4.43. The van der Waals surface area contributed by atoms with E-state index in [1.165, 1.54) is 21.0 Å². The summed E-state index contributed by atoms with van der Waals surface area (Å²) in [7, 11) is 0. The van der Waals surface area contributed by atoms with Gasteiger partial charge in [-0.3, -0.25) is 0 Å². The molecule has 1 aliphatic rings. The van der Waals surface area contributed by atoms with E-state index in [0.29, 0.717) is 13.1 Å². The molecular formula is C22H28N2O2S. The number of anilines is 1. The third kappa shape index (κ3) is 5.42. The molecule has 2 aromatic rings. The minimum Gasteiger partial charge on any atom is -0.444 e. The normalized spacial score (nSPS) is 15.0. The second-order valence-corrected chi connectivity index (χ2v) is 8.93. The molecule has 1 amide bonds. The van der Waals surface area contributed by atoms with Gasteiger partial charge in [-0.05, 0) is 63.6 Å². The highest BCUT2D eigenvalue weighted by atomic mass is 32.2. The van der Waals surface area contributed by atoms with E-state index in [1.54, 1.807) is 16.7 Å². The van der Waals surface area contributed by atoms with E-state index in [9.17, 15) is 4.79 Å². The van der Waals surface area contributed by atoms with Crippen molar-refractivity contribution in [2.75, 3.05) is 31.1 Å². The average molecular weight is 385 g/mol. The van der Waals surface area contributed by atoms with Crippen LogP contribution in [-0.4, -0.2) is 42.8 Å². The van der Waals surface area contributed by atoms with Gasteiger partial charge >= 0.3 is 6.09 Å². The van der Waals surface area contributed by atoms with Crippen molar-refractivity contribution in [1.29, 1.82) is 0 Å². The Hall–Kier alpha value is -2.14. The number of hydrogen-bond acceptors (Lipinski definition) is 4. The number of ether oxygens (including phenoxy) is 1. The van der Waals surface area contributed by atoms with Gasteiger partial charge in [0, 0.05) is 41.7 Å². The van der Waals surface area contributed by atoms with Crippen molar-refractivity contribution < 1.29 is 9.53 Å². The monoisotopic (exact) mass is 384 g/mol. The van der Waals surface area contributed by atoms with Crippen molar-refractivity contribution in [2.24, 2.45) is 0 Å². The molecule has 0 N–H and O–H groups in total. The fraction of sp³-hybridized carbons (Fsp3) is 0.409. The van der Waals surface area contributed by atoms with Gasteiger partial charge in [0.1, 0.15) is 5.60 Å². The zero-order valence-electron chi connectivity index (χ0n) is 16.6. The summed E-state index contributed by atoms with van der Waals surface area (Å²) in [4.78, 5) is 18.9. The van der Waals surface area contributed by atoms with Gasteiger partial charge in [0.05, 0.1) is 0 Å². The van der Waals surface area contributed by atoms with Gasteiger partial charge in [0.15, 0.2) is 0 Å². The van der Waals surface area contributed by atoms with Crippen LogP contribution in [0.2, 0.25) is 0 Å². The average Bonchev–Trinajstić information content (AvgIpc) is 2.63. The molecule has 1 heterocycles. The molecule has 144 valence electrons. The molecule has 0 radical (unpaired) electrons. The highest BCUT2D eigenvalue weighted by Crippen LogP contribution is 2.32. The Morgan fingerprint density at radius 3 is 2.26 bits per heavy atom. The van der Waals surface area contributed by atoms with Gasteiger partial charge < -0.3 is 14.5 Å². The summed E-state index contributed by atoms with van der Waals surface area (Å²) in [5.74, 6) is 0. The number of nitrogens with zero attached hydrogens (tertiary/aromatic N) is 2. The van der Waals surface area contributed by atoms with E-state index < -0.39 is 5.60 Å². The standard InChI is InChI=1S/C22H28N2O2S/c1-17-16-18(10-11-20(17)27-19-8-6-5-7-9-19)23-12-14-24(15-13-23)21(25)26-22(2,3)4/h5-11,16H,12-15H2,1-4H3. The molecule has 0 aliphatic carbocycles. The van der Waals surface area contributed by atoms with Crippen LogP contribution in [-0.2, 0) is 4.74 Å². The number of carbonyl (C=O) groups excluding carboxylic acids is 1. The number of piperazine rings is 1. The Labute approximate surface area is 166 Å². The maximum Gasteiger partial charge on any atom is 0.410 e. The second-order valence-electron chi connectivity index (χ2n) is 7.82. The van der Waals surface area contributed by atoms with Gasteiger partial charge in [-0.15, -0.1) is 0 Å². The maximum absolute atomic E-state index is 12.2. The first-order chi connectivity index (χ1) is 12.8. The molecule has 3 rings (SSSR count). The van der Waals surface area contributed by atoms with E-state index in [0.717, 1.165) is 13.1 Å². The smallest absolute Gasteiger partial charge is 0.410 e. The van der Waals surface area contributed by atoms with Gasteiger partial charge in [-0.1, -0.05) is 30.0 Å². The van der Waals surface area contributed by atoms with Gasteiger partial charge in [0.2, 0.25) is 0 Å². The van der Waals surface area contributed by atoms with Crippen molar-refractivity contribution in [3.63, 3.8) is 0 Å². The minimum atomic E-state index is -0.447. The first-order valence-corrected chi connectivity index (χ1v) is 10.2. The fourth-order valence-electron chi connectivity index (χ4n) is 3.03. The van der Waals surface area contributed by atoms with E-state index in [4.69, 9.17) is 4.74 Å². The van der Waals surface area contributed by atoms with Crippen molar-refractivity contribution in [3.8, 4) is 0 Å². The third-order valence-corrected chi connectivity index (χ3v) is 5.61. The van der Waals surface area contributed by atoms with Crippen LogP contribution < -0.4 is 4.90 Å². The number of rotatable bonds is 3. The molecule has 0 aromatic heterocycles. The van der Waals surface area contributed by atoms with Crippen LogP contribution in [0.5, 0.6) is 0 Å². The summed E-state index contributed by atoms with van der Waals surface area (Å²) in [5.41, 5.74) is 2.04. The highest BCUT2D eigenvalue weighted by molar-refractivity contribution is 7.99. The molecule has 1 aliphatic heterocycles. The van der Waals surface area contributed by atoms with Crippen LogP contribution in [0.4, 0.5) is 10.5 Å². The zero-order chi connectivity index (χ0) is 19.4. The Kier molecular flexibility index (Phi) is 6.00. The predicted octanol–water partition coefficient (Wildman–Crippen LogP) is 5.20. The lowest BCUT2D eigenvalue weighted by molar-refractivity contribution is 0.0240. The van der Waals surface area contributed by atoms with E-state index >= 15 is 0 Å². The second kappa shape index (κ2) is 8.26. The van der Waals surface area contributed by atoms with Crippen molar-refractivity contribution in [2.45, 2.75) is 43.1 Å². The highest BCUT2D eigenvalue weighted by Gasteiger charge is 2.26. The molecule has 4 nitrogen and oxygen atoms in total. The Morgan fingerprint density at radius 2 is 1.67 bits per heavy atom. The van der Waals surface area contributed by atoms with E-state index in [1.807, 2.05) is 26.8 Å². The number of hydrogen-bond donors (Lipinski definition) is 0. The number of carbonyl (C=O) groups is 1. The van der Waals surface area contributed by atoms with E-state index in [2.05, 4.69) is 54.3 Å². The van der Waals surface area contributed by atoms with Crippen LogP contribution in [0.15, 0.2) is 58.3 Å². The molecule has 1 fully saturated rings. The fourth-order valence-corrected chi connectivity index (χ4v) is 3.94. The summed E-state index contributed by atoms with van der Waals surface area (Å²) < 4.78 is 5.48. The summed E-state index contributed by atoms with van der Waals surface area (Å²) in [6.45, 7) is 10.9. The minimum absolute atomic E-state index is 0.215. The van der Waals surface area contributed by atoms with Crippen LogP contribution >= 0.6 is 11.8 Å². The Morgan fingerprint density at radius 1 is 1.00 bits per heavy atom. The first kappa shape index (κ1) is 19.6. The van der Waals surface area contributed by atoms with Crippen molar-refractivity contribution >= 4 is 23.5 Å². The first-order valence-electron chi connectivity index (χ1n) is 9.38.